The molecule has 1 heterocycles. The first-order chi connectivity index (χ1) is 10.7. The zero-order valence-electron chi connectivity index (χ0n) is 11.9. The van der Waals surface area contributed by atoms with Gasteiger partial charge in [0.05, 0.1) is 15.2 Å². The van der Waals surface area contributed by atoms with E-state index in [0.29, 0.717) is 11.4 Å². The largest absolute Gasteiger partial charge is 0.326 e. The predicted octanol–water partition coefficient (Wildman–Crippen LogP) is 4.91. The number of hydrogen-bond donors (Lipinski definition) is 1. The molecule has 0 spiro atoms. The lowest BCUT2D eigenvalue weighted by atomic mass is 10.2. The smallest absolute Gasteiger partial charge is 0.224 e. The number of carbonyl (C=O) groups is 1. The van der Waals surface area contributed by atoms with Crippen LogP contribution in [0.15, 0.2) is 48.5 Å². The topological polar surface area (TPSA) is 42.0 Å². The highest BCUT2D eigenvalue weighted by molar-refractivity contribution is 7.18. The van der Waals surface area contributed by atoms with E-state index in [4.69, 9.17) is 11.6 Å². The van der Waals surface area contributed by atoms with Crippen LogP contribution in [-0.2, 0) is 11.2 Å². The van der Waals surface area contributed by atoms with Crippen LogP contribution in [0, 0.1) is 0 Å². The minimum absolute atomic E-state index is 0.00313. The van der Waals surface area contributed by atoms with Crippen molar-refractivity contribution in [1.29, 1.82) is 0 Å². The van der Waals surface area contributed by atoms with E-state index >= 15 is 0 Å². The molecule has 0 aliphatic carbocycles. The number of benzene rings is 2. The summed E-state index contributed by atoms with van der Waals surface area (Å²) < 4.78 is 1.20. The Hall–Kier alpha value is -1.91. The molecule has 3 nitrogen and oxygen atoms in total. The first-order valence-corrected chi connectivity index (χ1v) is 8.30. The van der Waals surface area contributed by atoms with Gasteiger partial charge in [0.15, 0.2) is 0 Å². The first kappa shape index (κ1) is 15.0. The maximum atomic E-state index is 11.9. The van der Waals surface area contributed by atoms with Crippen molar-refractivity contribution in [2.45, 2.75) is 19.3 Å². The fourth-order valence-corrected chi connectivity index (χ4v) is 3.42. The van der Waals surface area contributed by atoms with E-state index in [0.717, 1.165) is 29.1 Å². The number of hydrogen-bond acceptors (Lipinski definition) is 3. The molecule has 22 heavy (non-hydrogen) atoms. The SMILES string of the molecule is O=C(CCCc1nc2ccccc2s1)Nc1cccc(Cl)c1. The van der Waals surface area contributed by atoms with Crippen LogP contribution in [0.1, 0.15) is 17.8 Å². The van der Waals surface area contributed by atoms with Crippen LogP contribution >= 0.6 is 22.9 Å². The maximum Gasteiger partial charge on any atom is 0.224 e. The van der Waals surface area contributed by atoms with Gasteiger partial charge in [-0.25, -0.2) is 4.98 Å². The van der Waals surface area contributed by atoms with Crippen LogP contribution in [0.3, 0.4) is 0 Å². The Kier molecular flexibility index (Phi) is 4.71. The Morgan fingerprint density at radius 2 is 2.05 bits per heavy atom. The third-order valence-electron chi connectivity index (χ3n) is 3.24. The predicted molar refractivity (Wildman–Crippen MR) is 92.6 cm³/mol. The first-order valence-electron chi connectivity index (χ1n) is 7.10. The van der Waals surface area contributed by atoms with Gasteiger partial charge >= 0.3 is 0 Å². The number of amides is 1. The van der Waals surface area contributed by atoms with Crippen molar-refractivity contribution in [2.75, 3.05) is 5.32 Å². The Morgan fingerprint density at radius 3 is 2.86 bits per heavy atom. The van der Waals surface area contributed by atoms with Crippen molar-refractivity contribution in [3.8, 4) is 0 Å². The highest BCUT2D eigenvalue weighted by atomic mass is 35.5. The molecule has 3 aromatic rings. The van der Waals surface area contributed by atoms with Crippen LogP contribution in [-0.4, -0.2) is 10.9 Å². The van der Waals surface area contributed by atoms with E-state index < -0.39 is 0 Å². The molecule has 3 rings (SSSR count). The standard InChI is InChI=1S/C17H15ClN2OS/c18-12-5-3-6-13(11-12)19-16(21)9-4-10-17-20-14-7-1-2-8-15(14)22-17/h1-3,5-8,11H,4,9-10H2,(H,19,21). The molecule has 0 aliphatic heterocycles. The molecule has 2 aromatic carbocycles. The zero-order valence-corrected chi connectivity index (χ0v) is 13.5. The van der Waals surface area contributed by atoms with Crippen molar-refractivity contribution >= 4 is 44.7 Å². The van der Waals surface area contributed by atoms with Gasteiger partial charge in [-0.2, -0.15) is 0 Å². The summed E-state index contributed by atoms with van der Waals surface area (Å²) in [6.45, 7) is 0. The maximum absolute atomic E-state index is 11.9. The lowest BCUT2D eigenvalue weighted by Gasteiger charge is -2.04. The van der Waals surface area contributed by atoms with E-state index in [2.05, 4.69) is 16.4 Å². The molecule has 1 aromatic heterocycles. The second-order valence-corrected chi connectivity index (χ2v) is 6.54. The summed E-state index contributed by atoms with van der Waals surface area (Å²) in [6.07, 6.45) is 2.08. The van der Waals surface area contributed by atoms with Crippen LogP contribution in [0.5, 0.6) is 0 Å². The van der Waals surface area contributed by atoms with Gasteiger partial charge in [0.25, 0.3) is 0 Å². The van der Waals surface area contributed by atoms with Crippen molar-refractivity contribution < 1.29 is 4.79 Å². The Morgan fingerprint density at radius 1 is 1.18 bits per heavy atom. The highest BCUT2D eigenvalue weighted by Gasteiger charge is 2.06. The number of aryl methyl sites for hydroxylation is 1. The number of thiazole rings is 1. The van der Waals surface area contributed by atoms with Gasteiger partial charge in [-0.15, -0.1) is 11.3 Å². The molecule has 0 bridgehead atoms. The fraction of sp³-hybridized carbons (Fsp3) is 0.176. The summed E-state index contributed by atoms with van der Waals surface area (Å²) in [5, 5.41) is 4.55. The quantitative estimate of drug-likeness (QED) is 0.722. The summed E-state index contributed by atoms with van der Waals surface area (Å²) in [6, 6.07) is 15.3. The van der Waals surface area contributed by atoms with Gasteiger partial charge in [-0.3, -0.25) is 4.79 Å². The molecule has 0 radical (unpaired) electrons. The number of nitrogens with zero attached hydrogens (tertiary/aromatic N) is 1. The fourth-order valence-electron chi connectivity index (χ4n) is 2.22. The number of rotatable bonds is 5. The molecule has 0 aliphatic rings. The Bertz CT molecular complexity index is 767. The van der Waals surface area contributed by atoms with Gasteiger partial charge in [0.2, 0.25) is 5.91 Å². The summed E-state index contributed by atoms with van der Waals surface area (Å²) in [5.41, 5.74) is 1.77. The minimum atomic E-state index is 0.00313. The molecule has 0 fully saturated rings. The molecule has 5 heteroatoms. The van der Waals surface area contributed by atoms with Gasteiger partial charge in [0.1, 0.15) is 0 Å². The van der Waals surface area contributed by atoms with E-state index in [-0.39, 0.29) is 5.91 Å². The zero-order chi connectivity index (χ0) is 15.4. The molecule has 1 N–H and O–H groups in total. The second kappa shape index (κ2) is 6.90. The van der Waals surface area contributed by atoms with Gasteiger partial charge in [0, 0.05) is 17.1 Å². The average molecular weight is 331 g/mol. The summed E-state index contributed by atoms with van der Waals surface area (Å²) >= 11 is 7.59. The van der Waals surface area contributed by atoms with Gasteiger partial charge in [-0.05, 0) is 43.2 Å². The Balaban J connectivity index is 1.51. The van der Waals surface area contributed by atoms with E-state index in [1.807, 2.05) is 30.3 Å². The van der Waals surface area contributed by atoms with E-state index in [9.17, 15) is 4.79 Å². The minimum Gasteiger partial charge on any atom is -0.326 e. The number of aromatic nitrogens is 1. The molecule has 0 unspecified atom stereocenters. The molecular formula is C17H15ClN2OS. The molecule has 0 saturated carbocycles. The van der Waals surface area contributed by atoms with Crippen molar-refractivity contribution in [3.05, 3.63) is 58.6 Å². The van der Waals surface area contributed by atoms with E-state index in [1.54, 1.807) is 23.5 Å². The monoisotopic (exact) mass is 330 g/mol. The molecule has 0 saturated heterocycles. The Labute approximate surface area is 138 Å². The van der Waals surface area contributed by atoms with Gasteiger partial charge in [-0.1, -0.05) is 29.8 Å². The second-order valence-electron chi connectivity index (χ2n) is 4.99. The van der Waals surface area contributed by atoms with Crippen LogP contribution in [0.4, 0.5) is 5.69 Å². The van der Waals surface area contributed by atoms with Gasteiger partial charge < -0.3 is 5.32 Å². The van der Waals surface area contributed by atoms with Crippen molar-refractivity contribution in [1.82, 2.24) is 4.98 Å². The van der Waals surface area contributed by atoms with E-state index in [1.165, 1.54) is 4.70 Å². The number of halogens is 1. The van der Waals surface area contributed by atoms with Crippen molar-refractivity contribution in [2.24, 2.45) is 0 Å². The molecule has 0 atom stereocenters. The number of nitrogens with one attached hydrogen (secondary N) is 1. The van der Waals surface area contributed by atoms with Crippen molar-refractivity contribution in [3.63, 3.8) is 0 Å². The summed E-state index contributed by atoms with van der Waals surface area (Å²) in [7, 11) is 0. The third-order valence-corrected chi connectivity index (χ3v) is 4.57. The third kappa shape index (κ3) is 3.84. The average Bonchev–Trinajstić information content (AvgIpc) is 2.90. The van der Waals surface area contributed by atoms with Crippen LogP contribution < -0.4 is 5.32 Å². The summed E-state index contributed by atoms with van der Waals surface area (Å²) in [4.78, 5) is 16.5. The summed E-state index contributed by atoms with van der Waals surface area (Å²) in [5.74, 6) is 0.00313. The van der Waals surface area contributed by atoms with Crippen LogP contribution in [0.2, 0.25) is 5.02 Å². The number of carbonyl (C=O) groups excluding carboxylic acids is 1. The number of anilines is 1. The molecular weight excluding hydrogens is 316 g/mol. The molecule has 112 valence electrons. The normalized spacial score (nSPS) is 10.8. The van der Waals surface area contributed by atoms with Crippen LogP contribution in [0.25, 0.3) is 10.2 Å². The number of para-hydroxylation sites is 1. The lowest BCUT2D eigenvalue weighted by Crippen LogP contribution is -2.11. The molecule has 1 amide bonds. The lowest BCUT2D eigenvalue weighted by molar-refractivity contribution is -0.116. The number of fused-ring (bicyclic) bond motifs is 1. The highest BCUT2D eigenvalue weighted by Crippen LogP contribution is 2.23.